The van der Waals surface area contributed by atoms with Gasteiger partial charge in [0, 0.05) is 13.7 Å². The predicted molar refractivity (Wildman–Crippen MR) is 50.1 cm³/mol. The number of rotatable bonds is 3. The summed E-state index contributed by atoms with van der Waals surface area (Å²) >= 11 is 0. The number of methoxy groups -OCH3 is 1. The quantitative estimate of drug-likeness (QED) is 0.618. The summed E-state index contributed by atoms with van der Waals surface area (Å²) in [6, 6.07) is -0.0961. The maximum atomic E-state index is 11.0. The summed E-state index contributed by atoms with van der Waals surface area (Å²) in [5.74, 6) is 0. The van der Waals surface area contributed by atoms with E-state index in [-0.39, 0.29) is 12.1 Å². The molecule has 5 nitrogen and oxygen atoms in total. The Labute approximate surface area is 78.9 Å². The molecule has 1 heterocycles. The molecule has 2 N–H and O–H groups in total. The highest BCUT2D eigenvalue weighted by atomic mass is 32.2. The van der Waals surface area contributed by atoms with Crippen LogP contribution in [0.1, 0.15) is 6.42 Å². The second kappa shape index (κ2) is 4.36. The zero-order valence-electron chi connectivity index (χ0n) is 7.91. The van der Waals surface area contributed by atoms with Crippen LogP contribution in [0.25, 0.3) is 0 Å². The molecule has 0 spiro atoms. The van der Waals surface area contributed by atoms with E-state index >= 15 is 0 Å². The fourth-order valence-corrected chi connectivity index (χ4v) is 2.31. The Kier molecular flexibility index (Phi) is 3.66. The molecule has 0 bridgehead atoms. The van der Waals surface area contributed by atoms with Gasteiger partial charge in [0.25, 0.3) is 0 Å². The molecule has 1 aliphatic heterocycles. The summed E-state index contributed by atoms with van der Waals surface area (Å²) in [6.45, 7) is 1.52. The van der Waals surface area contributed by atoms with Crippen molar-refractivity contribution in [1.29, 1.82) is 0 Å². The summed E-state index contributed by atoms with van der Waals surface area (Å²) in [6.07, 6.45) is 1.87. The molecule has 2 unspecified atom stereocenters. The van der Waals surface area contributed by atoms with Crippen molar-refractivity contribution in [1.82, 2.24) is 10.0 Å². The Morgan fingerprint density at radius 2 is 2.23 bits per heavy atom. The molecule has 2 atom stereocenters. The maximum absolute atomic E-state index is 11.0. The van der Waals surface area contributed by atoms with E-state index in [0.717, 1.165) is 13.0 Å². The van der Waals surface area contributed by atoms with Gasteiger partial charge in [-0.2, -0.15) is 0 Å². The Morgan fingerprint density at radius 3 is 2.77 bits per heavy atom. The minimum Gasteiger partial charge on any atom is -0.378 e. The third-order valence-electron chi connectivity index (χ3n) is 2.09. The molecule has 0 aromatic rings. The Bertz CT molecular complexity index is 252. The van der Waals surface area contributed by atoms with Gasteiger partial charge in [0.15, 0.2) is 0 Å². The van der Waals surface area contributed by atoms with Crippen LogP contribution in [0.5, 0.6) is 0 Å². The molecule has 0 amide bonds. The van der Waals surface area contributed by atoms with Crippen LogP contribution in [-0.2, 0) is 14.8 Å². The molecule has 1 fully saturated rings. The molecule has 6 heteroatoms. The van der Waals surface area contributed by atoms with Crippen LogP contribution < -0.4 is 10.0 Å². The first-order valence-corrected chi connectivity index (χ1v) is 6.13. The van der Waals surface area contributed by atoms with Crippen LogP contribution in [0.3, 0.4) is 0 Å². The van der Waals surface area contributed by atoms with Crippen LogP contribution in [0.15, 0.2) is 0 Å². The number of sulfonamides is 1. The second-order valence-electron chi connectivity index (χ2n) is 3.26. The summed E-state index contributed by atoms with van der Waals surface area (Å²) in [7, 11) is -1.53. The van der Waals surface area contributed by atoms with Crippen molar-refractivity contribution in [2.45, 2.75) is 18.6 Å². The highest BCUT2D eigenvalue weighted by molar-refractivity contribution is 7.88. The highest BCUT2D eigenvalue weighted by Crippen LogP contribution is 2.07. The van der Waals surface area contributed by atoms with Gasteiger partial charge < -0.3 is 10.1 Å². The monoisotopic (exact) mass is 208 g/mol. The van der Waals surface area contributed by atoms with Crippen molar-refractivity contribution < 1.29 is 13.2 Å². The molecule has 78 valence electrons. The number of ether oxygens (including phenoxy) is 1. The molecule has 0 radical (unpaired) electrons. The van der Waals surface area contributed by atoms with E-state index < -0.39 is 10.0 Å². The summed E-state index contributed by atoms with van der Waals surface area (Å²) in [5.41, 5.74) is 0. The molecular weight excluding hydrogens is 192 g/mol. The van der Waals surface area contributed by atoms with Gasteiger partial charge in [-0.05, 0) is 13.0 Å². The Hall–Kier alpha value is -0.170. The average molecular weight is 208 g/mol. The second-order valence-corrected chi connectivity index (χ2v) is 5.04. The Balaban J connectivity index is 2.55. The molecule has 0 saturated carbocycles. The lowest BCUT2D eigenvalue weighted by molar-refractivity contribution is 0.0594. The van der Waals surface area contributed by atoms with Gasteiger partial charge in [-0.15, -0.1) is 0 Å². The van der Waals surface area contributed by atoms with Crippen LogP contribution in [0.2, 0.25) is 0 Å². The van der Waals surface area contributed by atoms with Gasteiger partial charge in [0.2, 0.25) is 10.0 Å². The molecule has 13 heavy (non-hydrogen) atoms. The van der Waals surface area contributed by atoms with Crippen LogP contribution in [0, 0.1) is 0 Å². The first kappa shape index (κ1) is 10.9. The number of nitrogens with one attached hydrogen (secondary N) is 2. The maximum Gasteiger partial charge on any atom is 0.209 e. The van der Waals surface area contributed by atoms with Gasteiger partial charge in [-0.1, -0.05) is 0 Å². The lowest BCUT2D eigenvalue weighted by Crippen LogP contribution is -2.53. The van der Waals surface area contributed by atoms with Crippen molar-refractivity contribution in [3.63, 3.8) is 0 Å². The van der Waals surface area contributed by atoms with E-state index in [2.05, 4.69) is 10.0 Å². The van der Waals surface area contributed by atoms with Gasteiger partial charge in [0.05, 0.1) is 18.4 Å². The van der Waals surface area contributed by atoms with E-state index in [4.69, 9.17) is 4.74 Å². The molecule has 1 rings (SSSR count). The van der Waals surface area contributed by atoms with Crippen molar-refractivity contribution in [3.8, 4) is 0 Å². The van der Waals surface area contributed by atoms with E-state index in [1.54, 1.807) is 7.11 Å². The first-order valence-electron chi connectivity index (χ1n) is 4.24. The number of hydrogen-bond acceptors (Lipinski definition) is 4. The summed E-state index contributed by atoms with van der Waals surface area (Å²) in [4.78, 5) is 0. The normalized spacial score (nSPS) is 30.3. The van der Waals surface area contributed by atoms with Crippen LogP contribution >= 0.6 is 0 Å². The fraction of sp³-hybridized carbons (Fsp3) is 1.00. The molecular formula is C7H16N2O3S. The zero-order chi connectivity index (χ0) is 9.90. The van der Waals surface area contributed by atoms with Crippen molar-refractivity contribution in [2.75, 3.05) is 26.5 Å². The van der Waals surface area contributed by atoms with Crippen molar-refractivity contribution in [3.05, 3.63) is 0 Å². The van der Waals surface area contributed by atoms with Gasteiger partial charge in [-0.25, -0.2) is 13.1 Å². The largest absolute Gasteiger partial charge is 0.378 e. The van der Waals surface area contributed by atoms with Gasteiger partial charge in [0.1, 0.15) is 0 Å². The molecule has 0 aromatic heterocycles. The van der Waals surface area contributed by atoms with Crippen LogP contribution in [-0.4, -0.2) is 47.0 Å². The van der Waals surface area contributed by atoms with E-state index in [0.29, 0.717) is 6.54 Å². The lowest BCUT2D eigenvalue weighted by atomic mass is 10.1. The molecule has 0 aliphatic carbocycles. The minimum atomic E-state index is -3.12. The third-order valence-corrected chi connectivity index (χ3v) is 2.83. The van der Waals surface area contributed by atoms with Crippen molar-refractivity contribution in [2.24, 2.45) is 0 Å². The first-order chi connectivity index (χ1) is 6.03. The summed E-state index contributed by atoms with van der Waals surface area (Å²) < 4.78 is 29.7. The molecule has 1 aliphatic rings. The van der Waals surface area contributed by atoms with Gasteiger partial charge >= 0.3 is 0 Å². The Morgan fingerprint density at radius 1 is 1.54 bits per heavy atom. The minimum absolute atomic E-state index is 0.0662. The highest BCUT2D eigenvalue weighted by Gasteiger charge is 2.26. The van der Waals surface area contributed by atoms with E-state index in [9.17, 15) is 8.42 Å². The average Bonchev–Trinajstić information content (AvgIpc) is 2.02. The third kappa shape index (κ3) is 3.60. The smallest absolute Gasteiger partial charge is 0.209 e. The fourth-order valence-electron chi connectivity index (χ4n) is 1.49. The molecule has 1 saturated heterocycles. The zero-order valence-corrected chi connectivity index (χ0v) is 8.73. The molecule has 0 aromatic carbocycles. The summed E-state index contributed by atoms with van der Waals surface area (Å²) in [5, 5.41) is 3.14. The van der Waals surface area contributed by atoms with Gasteiger partial charge in [-0.3, -0.25) is 0 Å². The standard InChI is InChI=1S/C7H16N2O3S/c1-12-7-5-8-4-3-6(7)9-13(2,10)11/h6-9H,3-5H2,1-2H3. The predicted octanol–water partition coefficient (Wildman–Crippen LogP) is -1.09. The lowest BCUT2D eigenvalue weighted by Gasteiger charge is -2.30. The van der Waals surface area contributed by atoms with E-state index in [1.807, 2.05) is 0 Å². The van der Waals surface area contributed by atoms with E-state index in [1.165, 1.54) is 6.26 Å². The van der Waals surface area contributed by atoms with Crippen LogP contribution in [0.4, 0.5) is 0 Å². The number of hydrogen-bond donors (Lipinski definition) is 2. The topological polar surface area (TPSA) is 67.4 Å². The SMILES string of the molecule is COC1CNCCC1NS(C)(=O)=O. The number of piperidine rings is 1. The van der Waals surface area contributed by atoms with Crippen molar-refractivity contribution >= 4 is 10.0 Å².